The lowest BCUT2D eigenvalue weighted by molar-refractivity contribution is -0.138. The van der Waals surface area contributed by atoms with Crippen LogP contribution in [-0.4, -0.2) is 37.0 Å². The van der Waals surface area contributed by atoms with E-state index in [-0.39, 0.29) is 6.10 Å². The Kier molecular flexibility index (Phi) is 3.03. The summed E-state index contributed by atoms with van der Waals surface area (Å²) >= 11 is 0. The molecule has 4 aliphatic rings. The first-order valence-electron chi connectivity index (χ1n) is 7.73. The van der Waals surface area contributed by atoms with E-state index in [0.29, 0.717) is 42.7 Å². The molecule has 19 heavy (non-hydrogen) atoms. The molecule has 7 unspecified atom stereocenters. The van der Waals surface area contributed by atoms with E-state index in [1.165, 1.54) is 19.3 Å². The quantitative estimate of drug-likeness (QED) is 0.564. The summed E-state index contributed by atoms with van der Waals surface area (Å²) in [4.78, 5) is 10.8. The summed E-state index contributed by atoms with van der Waals surface area (Å²) in [6.45, 7) is 0.643. The van der Waals surface area contributed by atoms with Crippen molar-refractivity contribution in [3.8, 4) is 0 Å². The van der Waals surface area contributed by atoms with Crippen molar-refractivity contribution in [3.05, 3.63) is 0 Å². The minimum Gasteiger partial charge on any atom is -0.464 e. The van der Waals surface area contributed by atoms with Crippen LogP contribution in [0.15, 0.2) is 0 Å². The van der Waals surface area contributed by atoms with Crippen LogP contribution in [0.1, 0.15) is 44.9 Å². The Morgan fingerprint density at radius 1 is 1.00 bits per heavy atom. The van der Waals surface area contributed by atoms with Gasteiger partial charge in [-0.3, -0.25) is 4.79 Å². The van der Waals surface area contributed by atoms with E-state index < -0.39 is 0 Å². The van der Waals surface area contributed by atoms with Gasteiger partial charge in [0.25, 0.3) is 6.47 Å². The monoisotopic (exact) mass is 266 g/mol. The Balaban J connectivity index is 1.35. The van der Waals surface area contributed by atoms with Gasteiger partial charge in [-0.05, 0) is 56.8 Å². The van der Waals surface area contributed by atoms with Gasteiger partial charge in [-0.2, -0.15) is 0 Å². The van der Waals surface area contributed by atoms with E-state index in [2.05, 4.69) is 0 Å². The summed E-state index contributed by atoms with van der Waals surface area (Å²) < 4.78 is 16.6. The minimum atomic E-state index is 0.1000. The maximum absolute atomic E-state index is 10.8. The van der Waals surface area contributed by atoms with Crippen molar-refractivity contribution in [1.29, 1.82) is 0 Å². The number of ether oxygens (including phenoxy) is 3. The highest BCUT2D eigenvalue weighted by Crippen LogP contribution is 2.45. The highest BCUT2D eigenvalue weighted by molar-refractivity contribution is 5.37. The molecule has 0 spiro atoms. The number of hydrogen-bond donors (Lipinski definition) is 0. The van der Waals surface area contributed by atoms with Crippen LogP contribution in [0.4, 0.5) is 0 Å². The fraction of sp³-hybridized carbons (Fsp3) is 0.933. The van der Waals surface area contributed by atoms with Crippen LogP contribution in [-0.2, 0) is 19.0 Å². The number of rotatable bonds is 5. The lowest BCUT2D eigenvalue weighted by atomic mass is 9.78. The normalized spacial score (nSPS) is 48.6. The molecule has 2 heterocycles. The average Bonchev–Trinajstić information content (AvgIpc) is 3.31. The van der Waals surface area contributed by atoms with Gasteiger partial charge in [0.1, 0.15) is 6.10 Å². The maximum Gasteiger partial charge on any atom is 0.293 e. The van der Waals surface area contributed by atoms with Gasteiger partial charge >= 0.3 is 0 Å². The van der Waals surface area contributed by atoms with E-state index in [1.807, 2.05) is 0 Å². The first-order chi connectivity index (χ1) is 9.33. The van der Waals surface area contributed by atoms with E-state index in [9.17, 15) is 4.79 Å². The standard InChI is InChI=1S/C15H22O4/c16-8-17-13(10-2-4-12-15(7-10)19-12)5-9-1-3-11-14(6-9)18-11/h8-15H,1-7H2. The largest absolute Gasteiger partial charge is 0.464 e. The van der Waals surface area contributed by atoms with Crippen molar-refractivity contribution >= 4 is 6.47 Å². The molecule has 4 fully saturated rings. The van der Waals surface area contributed by atoms with Crippen molar-refractivity contribution in [2.24, 2.45) is 11.8 Å². The molecule has 0 aromatic rings. The minimum absolute atomic E-state index is 0.1000. The summed E-state index contributed by atoms with van der Waals surface area (Å²) in [5, 5.41) is 0. The van der Waals surface area contributed by atoms with E-state index in [1.54, 1.807) is 0 Å². The third kappa shape index (κ3) is 2.52. The van der Waals surface area contributed by atoms with Gasteiger partial charge in [-0.25, -0.2) is 0 Å². The van der Waals surface area contributed by atoms with Gasteiger partial charge in [0.2, 0.25) is 0 Å². The van der Waals surface area contributed by atoms with Gasteiger partial charge in [-0.15, -0.1) is 0 Å². The number of fused-ring (bicyclic) bond motifs is 2. The SMILES string of the molecule is O=COC(CC1CCC2OC2C1)C1CCC2OC2C1. The van der Waals surface area contributed by atoms with Crippen molar-refractivity contribution in [1.82, 2.24) is 0 Å². The number of hydrogen-bond acceptors (Lipinski definition) is 4. The Morgan fingerprint density at radius 3 is 2.42 bits per heavy atom. The molecule has 4 heteroatoms. The van der Waals surface area contributed by atoms with Crippen molar-refractivity contribution in [2.45, 2.75) is 75.5 Å². The number of epoxide rings is 2. The molecule has 0 aromatic carbocycles. The molecule has 0 radical (unpaired) electrons. The Bertz CT molecular complexity index is 358. The lowest BCUT2D eigenvalue weighted by Gasteiger charge is -2.30. The van der Waals surface area contributed by atoms with Gasteiger partial charge in [0, 0.05) is 0 Å². The molecule has 7 atom stereocenters. The number of carbonyl (C=O) groups excluding carboxylic acids is 1. The fourth-order valence-electron chi connectivity index (χ4n) is 4.23. The molecule has 4 nitrogen and oxygen atoms in total. The summed E-state index contributed by atoms with van der Waals surface area (Å²) in [6.07, 6.45) is 10.1. The highest BCUT2D eigenvalue weighted by atomic mass is 16.6. The third-order valence-corrected chi connectivity index (χ3v) is 5.48. The van der Waals surface area contributed by atoms with Gasteiger partial charge in [0.05, 0.1) is 24.4 Å². The van der Waals surface area contributed by atoms with E-state index in [4.69, 9.17) is 14.2 Å². The van der Waals surface area contributed by atoms with Crippen molar-refractivity contribution < 1.29 is 19.0 Å². The Morgan fingerprint density at radius 2 is 1.74 bits per heavy atom. The molecule has 0 bridgehead atoms. The molecular formula is C15H22O4. The second-order valence-corrected chi connectivity index (χ2v) is 6.68. The van der Waals surface area contributed by atoms with Crippen molar-refractivity contribution in [3.63, 3.8) is 0 Å². The molecular weight excluding hydrogens is 244 g/mol. The predicted octanol–water partition coefficient (Wildman–Crippen LogP) is 2.05. The topological polar surface area (TPSA) is 51.4 Å². The molecule has 106 valence electrons. The average molecular weight is 266 g/mol. The molecule has 2 aliphatic carbocycles. The van der Waals surface area contributed by atoms with Crippen molar-refractivity contribution in [2.75, 3.05) is 0 Å². The number of carbonyl (C=O) groups is 1. The molecule has 0 N–H and O–H groups in total. The summed E-state index contributed by atoms with van der Waals surface area (Å²) in [7, 11) is 0. The van der Waals surface area contributed by atoms with Gasteiger partial charge in [-0.1, -0.05) is 0 Å². The summed E-state index contributed by atoms with van der Waals surface area (Å²) in [5.41, 5.74) is 0. The van der Waals surface area contributed by atoms with Crippen LogP contribution in [0.2, 0.25) is 0 Å². The molecule has 4 rings (SSSR count). The van der Waals surface area contributed by atoms with Crippen LogP contribution >= 0.6 is 0 Å². The lowest BCUT2D eigenvalue weighted by Crippen LogP contribution is -2.31. The van der Waals surface area contributed by atoms with E-state index in [0.717, 1.165) is 25.7 Å². The Hall–Kier alpha value is -0.610. The molecule has 0 aromatic heterocycles. The van der Waals surface area contributed by atoms with Gasteiger partial charge in [0.15, 0.2) is 0 Å². The molecule has 2 saturated heterocycles. The smallest absolute Gasteiger partial charge is 0.293 e. The highest BCUT2D eigenvalue weighted by Gasteiger charge is 2.48. The summed E-state index contributed by atoms with van der Waals surface area (Å²) in [5.74, 6) is 1.18. The second kappa shape index (κ2) is 4.74. The van der Waals surface area contributed by atoms with Crippen LogP contribution in [0.25, 0.3) is 0 Å². The molecule has 0 amide bonds. The predicted molar refractivity (Wildman–Crippen MR) is 67.6 cm³/mol. The second-order valence-electron chi connectivity index (χ2n) is 6.68. The molecule has 2 saturated carbocycles. The fourth-order valence-corrected chi connectivity index (χ4v) is 4.23. The van der Waals surface area contributed by atoms with Crippen LogP contribution in [0, 0.1) is 11.8 Å². The third-order valence-electron chi connectivity index (χ3n) is 5.48. The maximum atomic E-state index is 10.8. The van der Waals surface area contributed by atoms with Crippen LogP contribution in [0.5, 0.6) is 0 Å². The zero-order chi connectivity index (χ0) is 12.8. The summed E-state index contributed by atoms with van der Waals surface area (Å²) in [6, 6.07) is 0. The molecule has 2 aliphatic heterocycles. The van der Waals surface area contributed by atoms with Crippen LogP contribution < -0.4 is 0 Å². The van der Waals surface area contributed by atoms with Crippen LogP contribution in [0.3, 0.4) is 0 Å². The van der Waals surface area contributed by atoms with E-state index >= 15 is 0 Å². The zero-order valence-electron chi connectivity index (χ0n) is 11.2. The Labute approximate surface area is 113 Å². The first-order valence-corrected chi connectivity index (χ1v) is 7.73. The van der Waals surface area contributed by atoms with Gasteiger partial charge < -0.3 is 14.2 Å². The zero-order valence-corrected chi connectivity index (χ0v) is 11.2. The first kappa shape index (κ1) is 12.2.